The molecule has 5 heterocycles. The number of ether oxygens (including phenoxy) is 5. The Morgan fingerprint density at radius 3 is 1.68 bits per heavy atom. The van der Waals surface area contributed by atoms with Crippen molar-refractivity contribution < 1.29 is 57.3 Å². The molecule has 5 aromatic rings. The van der Waals surface area contributed by atoms with Gasteiger partial charge in [-0.05, 0) is 98.3 Å². The van der Waals surface area contributed by atoms with Crippen LogP contribution in [0.2, 0.25) is 0 Å². The monoisotopic (exact) mass is 1030 g/mol. The molecule has 5 aromatic carbocycles. The van der Waals surface area contributed by atoms with Gasteiger partial charge in [0.15, 0.2) is 23.0 Å². The number of carbonyl (C=O) groups is 6. The van der Waals surface area contributed by atoms with Gasteiger partial charge in [0.1, 0.15) is 13.2 Å². The molecule has 5 amide bonds. The van der Waals surface area contributed by atoms with Crippen molar-refractivity contribution in [2.24, 2.45) is 9.98 Å². The van der Waals surface area contributed by atoms with Gasteiger partial charge in [-0.1, -0.05) is 36.4 Å². The number of methoxy groups -OCH3 is 2. The molecule has 0 N–H and O–H groups in total. The Kier molecular flexibility index (Phi) is 14.4. The molecule has 18 nitrogen and oxygen atoms in total. The number of para-hydroxylation sites is 2. The van der Waals surface area contributed by atoms with E-state index in [0.29, 0.717) is 93.2 Å². The number of amides is 5. The third kappa shape index (κ3) is 10.4. The topological polar surface area (TPSA) is 195 Å². The van der Waals surface area contributed by atoms with Crippen molar-refractivity contribution in [3.8, 4) is 23.0 Å². The number of benzene rings is 5. The third-order valence-corrected chi connectivity index (χ3v) is 14.1. The predicted molar refractivity (Wildman–Crippen MR) is 283 cm³/mol. The van der Waals surface area contributed by atoms with Gasteiger partial charge in [-0.3, -0.25) is 43.8 Å². The summed E-state index contributed by atoms with van der Waals surface area (Å²) >= 11 is 0. The molecule has 0 bridgehead atoms. The van der Waals surface area contributed by atoms with Crippen LogP contribution < -0.4 is 33.6 Å². The zero-order valence-electron chi connectivity index (χ0n) is 43.0. The van der Waals surface area contributed by atoms with Crippen LogP contribution in [0.5, 0.6) is 23.0 Å². The van der Waals surface area contributed by atoms with E-state index in [9.17, 15) is 28.8 Å². The summed E-state index contributed by atoms with van der Waals surface area (Å²) in [6.07, 6.45) is 5.16. The van der Waals surface area contributed by atoms with E-state index in [1.54, 1.807) is 51.4 Å². The highest BCUT2D eigenvalue weighted by Gasteiger charge is 2.39. The standard InChI is InChI=1S/C58H58N6O12/c1-6-75-58(2,3)20-19-52(65)61(21-11-16-55(68)76-64-53(66)17-18-54(64)67)39-23-35(33-73-50-29-44-42(27-48(50)71-4)56(69)62-40(31-59-44)25-37-12-7-9-14-46(37)62)22-36(24-39)34-74-51-30-45-43(28-49(51)72-5)57(70)63-41(32-60-45)26-38-13-8-10-15-47(38)63/h7-10,12-15,22-24,27-32,40-41H,6,11,16-21,25-26,33-34H2,1-5H3/t40-,41-/m0/s1. The number of hydrogen-bond donors (Lipinski definition) is 0. The first-order valence-corrected chi connectivity index (χ1v) is 25.5. The van der Waals surface area contributed by atoms with Crippen LogP contribution in [-0.4, -0.2) is 98.1 Å². The first-order valence-electron chi connectivity index (χ1n) is 25.5. The van der Waals surface area contributed by atoms with E-state index in [0.717, 1.165) is 22.5 Å². The van der Waals surface area contributed by atoms with Crippen molar-refractivity contribution in [1.29, 1.82) is 0 Å². The molecule has 0 aliphatic carbocycles. The van der Waals surface area contributed by atoms with Gasteiger partial charge in [-0.15, -0.1) is 5.06 Å². The molecule has 392 valence electrons. The molecule has 0 unspecified atom stereocenters. The van der Waals surface area contributed by atoms with Crippen molar-refractivity contribution in [3.63, 3.8) is 0 Å². The minimum absolute atomic E-state index is 0.0401. The van der Waals surface area contributed by atoms with Crippen LogP contribution in [0.15, 0.2) is 101 Å². The Morgan fingerprint density at radius 1 is 0.671 bits per heavy atom. The summed E-state index contributed by atoms with van der Waals surface area (Å²) in [5.41, 5.74) is 6.46. The zero-order valence-corrected chi connectivity index (χ0v) is 43.0. The van der Waals surface area contributed by atoms with Crippen LogP contribution in [0.4, 0.5) is 28.4 Å². The summed E-state index contributed by atoms with van der Waals surface area (Å²) in [5.74, 6) is -1.37. The summed E-state index contributed by atoms with van der Waals surface area (Å²) in [4.78, 5) is 100. The lowest BCUT2D eigenvalue weighted by molar-refractivity contribution is -0.197. The van der Waals surface area contributed by atoms with Gasteiger partial charge in [0.05, 0.1) is 54.4 Å². The first-order chi connectivity index (χ1) is 36.7. The fourth-order valence-corrected chi connectivity index (χ4v) is 10.4. The van der Waals surface area contributed by atoms with E-state index in [4.69, 9.17) is 38.5 Å². The largest absolute Gasteiger partial charge is 0.493 e. The highest BCUT2D eigenvalue weighted by Crippen LogP contribution is 2.43. The van der Waals surface area contributed by atoms with Gasteiger partial charge in [-0.2, -0.15) is 0 Å². The van der Waals surface area contributed by atoms with Crippen molar-refractivity contribution in [3.05, 3.63) is 124 Å². The van der Waals surface area contributed by atoms with E-state index in [2.05, 4.69) is 0 Å². The minimum atomic E-state index is -0.790. The number of imide groups is 1. The number of nitrogens with zero attached hydrogens (tertiary/aromatic N) is 6. The Morgan fingerprint density at radius 2 is 1.18 bits per heavy atom. The molecule has 5 aliphatic rings. The first kappa shape index (κ1) is 51.1. The maximum Gasteiger partial charge on any atom is 0.333 e. The maximum atomic E-state index is 14.5. The van der Waals surface area contributed by atoms with Crippen LogP contribution in [0.1, 0.15) is 102 Å². The molecule has 0 spiro atoms. The normalized spacial score (nSPS) is 17.0. The van der Waals surface area contributed by atoms with Gasteiger partial charge in [0.2, 0.25) is 5.91 Å². The van der Waals surface area contributed by atoms with Crippen LogP contribution in [0.3, 0.4) is 0 Å². The van der Waals surface area contributed by atoms with Gasteiger partial charge in [-0.25, -0.2) is 4.79 Å². The summed E-state index contributed by atoms with van der Waals surface area (Å²) in [7, 11) is 2.99. The molecular formula is C58H58N6O12. The molecule has 5 aliphatic heterocycles. The molecule has 1 saturated heterocycles. The molecule has 1 fully saturated rings. The van der Waals surface area contributed by atoms with Crippen LogP contribution >= 0.6 is 0 Å². The number of anilines is 3. The van der Waals surface area contributed by atoms with Gasteiger partial charge in [0.25, 0.3) is 23.6 Å². The quantitative estimate of drug-likeness (QED) is 0.0715. The second-order valence-electron chi connectivity index (χ2n) is 19.7. The number of aliphatic imine (C=N–C) groups is 2. The number of carbonyl (C=O) groups excluding carboxylic acids is 6. The molecule has 0 aromatic heterocycles. The average molecular weight is 1030 g/mol. The van der Waals surface area contributed by atoms with E-state index in [-0.39, 0.29) is 81.7 Å². The SMILES string of the molecule is CCOC(C)(C)CCC(=O)N(CCCC(=O)ON1C(=O)CCC1=O)c1cc(COc2cc3c(cc2OC)C(=O)N2c4ccccc4C[C@H]2C=N3)cc(COc2cc3c(cc2OC)C(=O)N2c4ccccc4C[C@H]2C=N3)c1. The predicted octanol–water partition coefficient (Wildman–Crippen LogP) is 8.75. The van der Waals surface area contributed by atoms with Crippen LogP contribution in [0.25, 0.3) is 0 Å². The number of hydrogen-bond acceptors (Lipinski definition) is 14. The lowest BCUT2D eigenvalue weighted by Crippen LogP contribution is -2.37. The van der Waals surface area contributed by atoms with Crippen molar-refractivity contribution >= 4 is 76.4 Å². The van der Waals surface area contributed by atoms with Gasteiger partial charge >= 0.3 is 5.97 Å². The molecule has 18 heteroatoms. The maximum absolute atomic E-state index is 14.5. The van der Waals surface area contributed by atoms with Crippen LogP contribution in [-0.2, 0) is 54.8 Å². The van der Waals surface area contributed by atoms with Gasteiger partial charge < -0.3 is 33.4 Å². The molecule has 0 radical (unpaired) electrons. The van der Waals surface area contributed by atoms with Gasteiger partial charge in [0, 0.05) is 93.3 Å². The molecule has 2 atom stereocenters. The van der Waals surface area contributed by atoms with Crippen LogP contribution in [0, 0.1) is 0 Å². The van der Waals surface area contributed by atoms with E-state index < -0.39 is 23.4 Å². The van der Waals surface area contributed by atoms with Crippen molar-refractivity contribution in [1.82, 2.24) is 5.06 Å². The molecule has 10 rings (SSSR count). The molecule has 76 heavy (non-hydrogen) atoms. The lowest BCUT2D eigenvalue weighted by atomic mass is 10.0. The highest BCUT2D eigenvalue weighted by atomic mass is 16.7. The Bertz CT molecular complexity index is 3050. The second kappa shape index (κ2) is 21.5. The third-order valence-electron chi connectivity index (χ3n) is 14.1. The lowest BCUT2D eigenvalue weighted by Gasteiger charge is -2.28. The molecular weight excluding hydrogens is 973 g/mol. The Hall–Kier alpha value is -8.38. The summed E-state index contributed by atoms with van der Waals surface area (Å²) in [6, 6.07) is 27.3. The fraction of sp³-hybridized carbons (Fsp3) is 0.345. The zero-order chi connectivity index (χ0) is 53.3. The van der Waals surface area contributed by atoms with E-state index >= 15 is 0 Å². The summed E-state index contributed by atoms with van der Waals surface area (Å²) in [5, 5.41) is 0.508. The summed E-state index contributed by atoms with van der Waals surface area (Å²) in [6.45, 7) is 6.14. The fourth-order valence-electron chi connectivity index (χ4n) is 10.4. The number of fused-ring (bicyclic) bond motifs is 8. The van der Waals surface area contributed by atoms with Crippen molar-refractivity contribution in [2.45, 2.75) is 103 Å². The molecule has 0 saturated carbocycles. The van der Waals surface area contributed by atoms with E-state index in [1.165, 1.54) is 14.2 Å². The average Bonchev–Trinajstić information content (AvgIpc) is 4.05. The number of rotatable bonds is 19. The van der Waals surface area contributed by atoms with E-state index in [1.807, 2.05) is 87.5 Å². The number of hydroxylamine groups is 2. The Balaban J connectivity index is 0.959. The highest BCUT2D eigenvalue weighted by molar-refractivity contribution is 6.16. The summed E-state index contributed by atoms with van der Waals surface area (Å²) < 4.78 is 30.6. The second-order valence-corrected chi connectivity index (χ2v) is 19.7. The minimum Gasteiger partial charge on any atom is -0.493 e. The van der Waals surface area contributed by atoms with Crippen molar-refractivity contribution in [2.75, 3.05) is 42.1 Å². The Labute approximate surface area is 439 Å². The smallest absolute Gasteiger partial charge is 0.333 e.